The van der Waals surface area contributed by atoms with Gasteiger partial charge in [0.1, 0.15) is 5.15 Å². The maximum atomic E-state index is 11.8. The summed E-state index contributed by atoms with van der Waals surface area (Å²) in [6, 6.07) is 11.2. The summed E-state index contributed by atoms with van der Waals surface area (Å²) in [5.74, 6) is -0.385. The average molecular weight is 288 g/mol. The summed E-state index contributed by atoms with van der Waals surface area (Å²) in [5.41, 5.74) is 4.90. The molecule has 102 valence electrons. The van der Waals surface area contributed by atoms with Gasteiger partial charge in [0, 0.05) is 6.20 Å². The second-order valence-corrected chi connectivity index (χ2v) is 4.49. The second-order valence-electron chi connectivity index (χ2n) is 4.14. The molecule has 0 saturated carbocycles. The summed E-state index contributed by atoms with van der Waals surface area (Å²) in [5, 5.41) is 4.06. The fourth-order valence-corrected chi connectivity index (χ4v) is 1.83. The van der Waals surface area contributed by atoms with Crippen LogP contribution >= 0.6 is 11.6 Å². The number of nitrogens with one attached hydrogen (secondary N) is 1. The summed E-state index contributed by atoms with van der Waals surface area (Å²) in [6.45, 7) is 2.10. The van der Waals surface area contributed by atoms with Gasteiger partial charge in [-0.15, -0.1) is 0 Å². The Morgan fingerprint density at radius 1 is 1.35 bits per heavy atom. The minimum atomic E-state index is -0.385. The molecule has 0 aliphatic rings. The highest BCUT2D eigenvalue weighted by atomic mass is 35.5. The van der Waals surface area contributed by atoms with Crippen molar-refractivity contribution in [2.45, 2.75) is 13.3 Å². The molecule has 1 amide bonds. The number of amides is 1. The van der Waals surface area contributed by atoms with E-state index in [0.29, 0.717) is 5.56 Å². The lowest BCUT2D eigenvalue weighted by Crippen LogP contribution is -2.18. The number of halogens is 1. The fraction of sp³-hybridized carbons (Fsp3) is 0.133. The lowest BCUT2D eigenvalue weighted by Gasteiger charge is -2.01. The van der Waals surface area contributed by atoms with Gasteiger partial charge >= 0.3 is 0 Å². The van der Waals surface area contributed by atoms with Crippen LogP contribution in [0.4, 0.5) is 0 Å². The Morgan fingerprint density at radius 2 is 2.10 bits per heavy atom. The zero-order valence-corrected chi connectivity index (χ0v) is 11.8. The molecule has 0 bridgehead atoms. The fourth-order valence-electron chi connectivity index (χ4n) is 1.62. The van der Waals surface area contributed by atoms with Crippen LogP contribution in [0.1, 0.15) is 28.4 Å². The molecular weight excluding hydrogens is 274 g/mol. The van der Waals surface area contributed by atoms with Crippen molar-refractivity contribution in [2.75, 3.05) is 0 Å². The normalized spacial score (nSPS) is 10.7. The first-order chi connectivity index (χ1) is 9.70. The van der Waals surface area contributed by atoms with E-state index in [1.54, 1.807) is 18.3 Å². The molecule has 1 aromatic heterocycles. The Morgan fingerprint density at radius 3 is 2.75 bits per heavy atom. The summed E-state index contributed by atoms with van der Waals surface area (Å²) in [6.07, 6.45) is 4.10. The predicted molar refractivity (Wildman–Crippen MR) is 80.1 cm³/mol. The number of nitrogens with zero attached hydrogens (tertiary/aromatic N) is 2. The predicted octanol–water partition coefficient (Wildman–Crippen LogP) is 3.06. The molecule has 5 heteroatoms. The second kappa shape index (κ2) is 6.82. The van der Waals surface area contributed by atoms with Gasteiger partial charge in [0.2, 0.25) is 0 Å². The molecule has 4 nitrogen and oxygen atoms in total. The third-order valence-corrected chi connectivity index (χ3v) is 3.07. The van der Waals surface area contributed by atoms with E-state index in [9.17, 15) is 4.79 Å². The first kappa shape index (κ1) is 14.2. The highest BCUT2D eigenvalue weighted by Crippen LogP contribution is 2.10. The van der Waals surface area contributed by atoms with Crippen molar-refractivity contribution < 1.29 is 4.79 Å². The number of hydrogen-bond donors (Lipinski definition) is 1. The largest absolute Gasteiger partial charge is 0.274 e. The van der Waals surface area contributed by atoms with Crippen LogP contribution in [0.2, 0.25) is 5.15 Å². The van der Waals surface area contributed by atoms with Crippen molar-refractivity contribution >= 4 is 23.7 Å². The van der Waals surface area contributed by atoms with Crippen LogP contribution in [0.15, 0.2) is 47.7 Å². The van der Waals surface area contributed by atoms with E-state index in [0.717, 1.165) is 12.0 Å². The Kier molecular flexibility index (Phi) is 4.85. The van der Waals surface area contributed by atoms with Gasteiger partial charge in [-0.1, -0.05) is 42.8 Å². The maximum Gasteiger partial charge on any atom is 0.274 e. The van der Waals surface area contributed by atoms with Gasteiger partial charge in [0.15, 0.2) is 0 Å². The van der Waals surface area contributed by atoms with E-state index in [1.165, 1.54) is 11.8 Å². The zero-order valence-electron chi connectivity index (χ0n) is 11.0. The number of pyridine rings is 1. The topological polar surface area (TPSA) is 54.4 Å². The number of carbonyl (C=O) groups is 1. The molecule has 20 heavy (non-hydrogen) atoms. The minimum Gasteiger partial charge on any atom is -0.267 e. The van der Waals surface area contributed by atoms with Crippen LogP contribution in [0.3, 0.4) is 0 Å². The van der Waals surface area contributed by atoms with Crippen molar-refractivity contribution in [3.8, 4) is 0 Å². The summed E-state index contributed by atoms with van der Waals surface area (Å²) < 4.78 is 0. The molecule has 0 atom stereocenters. The Balaban J connectivity index is 1.99. The van der Waals surface area contributed by atoms with Crippen molar-refractivity contribution in [3.63, 3.8) is 0 Å². The molecule has 0 radical (unpaired) electrons. The van der Waals surface area contributed by atoms with E-state index in [-0.39, 0.29) is 11.1 Å². The van der Waals surface area contributed by atoms with Gasteiger partial charge in [-0.05, 0) is 29.7 Å². The lowest BCUT2D eigenvalue weighted by atomic mass is 10.1. The number of aromatic nitrogens is 1. The highest BCUT2D eigenvalue weighted by molar-refractivity contribution is 6.32. The van der Waals surface area contributed by atoms with Crippen LogP contribution in [-0.4, -0.2) is 17.1 Å². The quantitative estimate of drug-likeness (QED) is 0.534. The Hall–Kier alpha value is -2.20. The van der Waals surface area contributed by atoms with Crippen LogP contribution < -0.4 is 5.43 Å². The molecule has 2 rings (SSSR count). The molecule has 1 aromatic carbocycles. The molecule has 1 N–H and O–H groups in total. The Labute approximate surface area is 122 Å². The monoisotopic (exact) mass is 287 g/mol. The highest BCUT2D eigenvalue weighted by Gasteiger charge is 2.08. The van der Waals surface area contributed by atoms with E-state index < -0.39 is 0 Å². The van der Waals surface area contributed by atoms with Crippen molar-refractivity contribution in [1.82, 2.24) is 10.4 Å². The summed E-state index contributed by atoms with van der Waals surface area (Å²) in [4.78, 5) is 15.6. The number of hydrogen-bond acceptors (Lipinski definition) is 3. The number of aryl methyl sites for hydroxylation is 1. The molecule has 0 aliphatic heterocycles. The number of benzene rings is 1. The van der Waals surface area contributed by atoms with Crippen molar-refractivity contribution in [1.29, 1.82) is 0 Å². The van der Waals surface area contributed by atoms with Crippen molar-refractivity contribution in [3.05, 3.63) is 64.4 Å². The van der Waals surface area contributed by atoms with Gasteiger partial charge in [0.05, 0.1) is 11.8 Å². The van der Waals surface area contributed by atoms with Crippen LogP contribution in [0.25, 0.3) is 0 Å². The standard InChI is InChI=1S/C15H14ClN3O/c1-2-11-5-7-12(8-6-11)10-18-19-15(20)13-4-3-9-17-14(13)16/h3-10H,2H2,1H3,(H,19,20)/b18-10+. The molecular formula is C15H14ClN3O. The Bertz CT molecular complexity index is 623. The summed E-state index contributed by atoms with van der Waals surface area (Å²) in [7, 11) is 0. The van der Waals surface area contributed by atoms with E-state index in [1.807, 2.05) is 24.3 Å². The average Bonchev–Trinajstić information content (AvgIpc) is 2.48. The molecule has 0 saturated heterocycles. The third kappa shape index (κ3) is 3.65. The molecule has 0 unspecified atom stereocenters. The molecule has 0 aliphatic carbocycles. The van der Waals surface area contributed by atoms with Gasteiger partial charge in [-0.2, -0.15) is 5.10 Å². The SMILES string of the molecule is CCc1ccc(/C=N/NC(=O)c2cccnc2Cl)cc1. The van der Waals surface area contributed by atoms with Gasteiger partial charge < -0.3 is 0 Å². The van der Waals surface area contributed by atoms with Gasteiger partial charge in [0.25, 0.3) is 5.91 Å². The smallest absolute Gasteiger partial charge is 0.267 e. The zero-order chi connectivity index (χ0) is 14.4. The van der Waals surface area contributed by atoms with Gasteiger partial charge in [-0.25, -0.2) is 10.4 Å². The molecule has 0 spiro atoms. The summed E-state index contributed by atoms with van der Waals surface area (Å²) >= 11 is 5.82. The lowest BCUT2D eigenvalue weighted by molar-refractivity contribution is 0.0955. The molecule has 1 heterocycles. The van der Waals surface area contributed by atoms with E-state index >= 15 is 0 Å². The first-order valence-corrected chi connectivity index (χ1v) is 6.61. The number of carbonyl (C=O) groups excluding carboxylic acids is 1. The van der Waals surface area contributed by atoms with Crippen molar-refractivity contribution in [2.24, 2.45) is 5.10 Å². The van der Waals surface area contributed by atoms with Gasteiger partial charge in [-0.3, -0.25) is 4.79 Å². The molecule has 2 aromatic rings. The van der Waals surface area contributed by atoms with Crippen LogP contribution in [-0.2, 0) is 6.42 Å². The minimum absolute atomic E-state index is 0.160. The van der Waals surface area contributed by atoms with E-state index in [4.69, 9.17) is 11.6 Å². The number of hydrazone groups is 1. The first-order valence-electron chi connectivity index (χ1n) is 6.23. The third-order valence-electron chi connectivity index (χ3n) is 2.77. The van der Waals surface area contributed by atoms with Crippen LogP contribution in [0.5, 0.6) is 0 Å². The van der Waals surface area contributed by atoms with Crippen LogP contribution in [0, 0.1) is 0 Å². The number of rotatable bonds is 4. The van der Waals surface area contributed by atoms with E-state index in [2.05, 4.69) is 22.4 Å². The maximum absolute atomic E-state index is 11.8. The molecule has 0 fully saturated rings.